The molecule has 4 rings (SSSR count). The van der Waals surface area contributed by atoms with Gasteiger partial charge in [-0.05, 0) is 18.2 Å². The van der Waals surface area contributed by atoms with E-state index in [1.165, 1.54) is 0 Å². The van der Waals surface area contributed by atoms with Crippen LogP contribution < -0.4 is 5.32 Å². The molecule has 0 unspecified atom stereocenters. The highest BCUT2D eigenvalue weighted by molar-refractivity contribution is 5.88. The number of carbonyl (C=O) groups excluding carboxylic acids is 2. The Morgan fingerprint density at radius 1 is 1.00 bits per heavy atom. The Hall–Kier alpha value is -2.74. The molecule has 0 spiro atoms. The summed E-state index contributed by atoms with van der Waals surface area (Å²) in [5.41, 5.74) is 1.29. The number of likely N-dealkylation sites (N-methyl/N-ethyl adjacent to an activating group) is 2. The van der Waals surface area contributed by atoms with Gasteiger partial charge in [0.1, 0.15) is 6.04 Å². The molecule has 2 aromatic rings. The van der Waals surface area contributed by atoms with Crippen LogP contribution in [0.1, 0.15) is 11.1 Å². The van der Waals surface area contributed by atoms with Crippen molar-refractivity contribution in [2.75, 3.05) is 53.4 Å². The molecule has 2 aromatic carbocycles. The molecule has 0 aromatic heterocycles. The van der Waals surface area contributed by atoms with Gasteiger partial charge in [-0.15, -0.1) is 0 Å². The minimum Gasteiger partial charge on any atom is -0.362 e. The van der Waals surface area contributed by atoms with E-state index in [1.54, 1.807) is 7.05 Å². The van der Waals surface area contributed by atoms with E-state index in [2.05, 4.69) is 27.2 Å². The molecule has 0 radical (unpaired) electrons. The molecule has 0 saturated carbocycles. The van der Waals surface area contributed by atoms with Gasteiger partial charge >= 0.3 is 0 Å². The van der Waals surface area contributed by atoms with Gasteiger partial charge in [0.2, 0.25) is 5.91 Å². The Balaban J connectivity index is 1.54. The monoisotopic (exact) mass is 450 g/mol. The fraction of sp³-hybridized carbons (Fsp3) is 0.462. The van der Waals surface area contributed by atoms with E-state index in [-0.39, 0.29) is 11.8 Å². The number of piperazine rings is 1. The Morgan fingerprint density at radius 2 is 1.67 bits per heavy atom. The number of benzene rings is 2. The van der Waals surface area contributed by atoms with Gasteiger partial charge in [-0.1, -0.05) is 60.7 Å². The molecule has 0 bridgehead atoms. The molecule has 2 aliphatic rings. The summed E-state index contributed by atoms with van der Waals surface area (Å²) in [7, 11) is 3.68. The summed E-state index contributed by atoms with van der Waals surface area (Å²) in [5, 5.41) is 2.79. The second-order valence-corrected chi connectivity index (χ2v) is 9.08. The Labute approximate surface area is 196 Å². The van der Waals surface area contributed by atoms with Crippen LogP contribution in [-0.2, 0) is 27.3 Å². The third-order valence-corrected chi connectivity index (χ3v) is 6.65. The summed E-state index contributed by atoms with van der Waals surface area (Å²) in [6.45, 7) is 4.09. The molecular weight excluding hydrogens is 416 g/mol. The number of morpholine rings is 1. The van der Waals surface area contributed by atoms with Gasteiger partial charge in [0.25, 0.3) is 5.91 Å². The molecule has 7 heteroatoms. The first-order chi connectivity index (χ1) is 16.0. The molecule has 2 aliphatic heterocycles. The Morgan fingerprint density at radius 3 is 2.30 bits per heavy atom. The first-order valence-electron chi connectivity index (χ1n) is 11.7. The molecule has 33 heavy (non-hydrogen) atoms. The number of nitrogens with zero attached hydrogens (tertiary/aromatic N) is 3. The minimum atomic E-state index is -0.941. The van der Waals surface area contributed by atoms with Gasteiger partial charge in [0, 0.05) is 52.7 Å². The maximum atomic E-state index is 14.0. The third-order valence-electron chi connectivity index (χ3n) is 6.65. The summed E-state index contributed by atoms with van der Waals surface area (Å²) in [5.74, 6) is -0.0895. The average Bonchev–Trinajstić information content (AvgIpc) is 2.84. The van der Waals surface area contributed by atoms with E-state index in [9.17, 15) is 9.59 Å². The third kappa shape index (κ3) is 5.43. The highest BCUT2D eigenvalue weighted by Crippen LogP contribution is 2.27. The fourth-order valence-electron chi connectivity index (χ4n) is 4.91. The number of rotatable bonds is 6. The van der Waals surface area contributed by atoms with Crippen LogP contribution in [0.25, 0.3) is 0 Å². The molecule has 2 saturated heterocycles. The SMILES string of the molecule is CNC(=O)[C@@H]1CN(C(=O)[C@@]2(Cc3ccccc3)CN(C)CCO2)CCN1Cc1ccccc1. The van der Waals surface area contributed by atoms with Gasteiger partial charge in [-0.25, -0.2) is 0 Å². The molecule has 2 fully saturated rings. The van der Waals surface area contributed by atoms with Gasteiger partial charge < -0.3 is 19.9 Å². The second kappa shape index (κ2) is 10.5. The highest BCUT2D eigenvalue weighted by Gasteiger charge is 2.47. The Bertz CT molecular complexity index is 939. The highest BCUT2D eigenvalue weighted by atomic mass is 16.5. The fourth-order valence-corrected chi connectivity index (χ4v) is 4.91. The predicted octanol–water partition coefficient (Wildman–Crippen LogP) is 1.39. The van der Waals surface area contributed by atoms with Gasteiger partial charge in [0.05, 0.1) is 6.61 Å². The zero-order valence-corrected chi connectivity index (χ0v) is 19.6. The standard InChI is InChI=1S/C26H34N4O3/c1-27-24(31)23-19-30(14-13-29(23)18-22-11-7-4-8-12-22)25(32)26(20-28(2)15-16-33-26)17-21-9-5-3-6-10-21/h3-12,23H,13-20H2,1-2H3,(H,27,31)/t23-,26+/m0/s1. The Kier molecular flexibility index (Phi) is 7.42. The van der Waals surface area contributed by atoms with Gasteiger partial charge in [-0.2, -0.15) is 0 Å². The van der Waals surface area contributed by atoms with Crippen LogP contribution in [-0.4, -0.2) is 91.6 Å². The summed E-state index contributed by atoms with van der Waals surface area (Å²) in [6.07, 6.45) is 0.520. The average molecular weight is 451 g/mol. The van der Waals surface area contributed by atoms with Crippen molar-refractivity contribution in [1.82, 2.24) is 20.0 Å². The first-order valence-corrected chi connectivity index (χ1v) is 11.7. The summed E-state index contributed by atoms with van der Waals surface area (Å²) in [6, 6.07) is 19.8. The van der Waals surface area contributed by atoms with Crippen LogP contribution in [0.5, 0.6) is 0 Å². The number of nitrogens with one attached hydrogen (secondary N) is 1. The van der Waals surface area contributed by atoms with E-state index in [0.717, 1.165) is 17.7 Å². The van der Waals surface area contributed by atoms with Crippen molar-refractivity contribution in [3.8, 4) is 0 Å². The summed E-state index contributed by atoms with van der Waals surface area (Å²) >= 11 is 0. The van der Waals surface area contributed by atoms with Crippen LogP contribution in [0.4, 0.5) is 0 Å². The molecule has 2 atom stereocenters. The van der Waals surface area contributed by atoms with Crippen molar-refractivity contribution in [1.29, 1.82) is 0 Å². The summed E-state index contributed by atoms with van der Waals surface area (Å²) < 4.78 is 6.25. The van der Waals surface area contributed by atoms with Crippen molar-refractivity contribution >= 4 is 11.8 Å². The zero-order valence-electron chi connectivity index (χ0n) is 19.6. The van der Waals surface area contributed by atoms with Crippen LogP contribution in [0.2, 0.25) is 0 Å². The number of amides is 2. The van der Waals surface area contributed by atoms with Crippen LogP contribution >= 0.6 is 0 Å². The largest absolute Gasteiger partial charge is 0.362 e. The number of hydrogen-bond acceptors (Lipinski definition) is 5. The summed E-state index contributed by atoms with van der Waals surface area (Å²) in [4.78, 5) is 32.9. The van der Waals surface area contributed by atoms with Crippen molar-refractivity contribution < 1.29 is 14.3 Å². The number of ether oxygens (including phenoxy) is 1. The number of hydrogen-bond donors (Lipinski definition) is 1. The molecule has 1 N–H and O–H groups in total. The van der Waals surface area contributed by atoms with E-state index < -0.39 is 11.6 Å². The van der Waals surface area contributed by atoms with E-state index in [1.807, 2.05) is 60.5 Å². The van der Waals surface area contributed by atoms with Crippen LogP contribution in [0.3, 0.4) is 0 Å². The lowest BCUT2D eigenvalue weighted by Crippen LogP contribution is -2.66. The van der Waals surface area contributed by atoms with Crippen molar-refractivity contribution in [3.05, 3.63) is 71.8 Å². The van der Waals surface area contributed by atoms with E-state index in [4.69, 9.17) is 4.74 Å². The maximum absolute atomic E-state index is 14.0. The lowest BCUT2D eigenvalue weighted by atomic mass is 9.90. The topological polar surface area (TPSA) is 65.1 Å². The zero-order chi connectivity index (χ0) is 23.3. The minimum absolute atomic E-state index is 0.0221. The first kappa shape index (κ1) is 23.4. The van der Waals surface area contributed by atoms with Crippen molar-refractivity contribution in [3.63, 3.8) is 0 Å². The lowest BCUT2D eigenvalue weighted by molar-refractivity contribution is -0.173. The van der Waals surface area contributed by atoms with E-state index in [0.29, 0.717) is 45.8 Å². The molecule has 176 valence electrons. The second-order valence-electron chi connectivity index (χ2n) is 9.08. The van der Waals surface area contributed by atoms with Crippen LogP contribution in [0.15, 0.2) is 60.7 Å². The smallest absolute Gasteiger partial charge is 0.256 e. The molecule has 2 amide bonds. The van der Waals surface area contributed by atoms with E-state index >= 15 is 0 Å². The lowest BCUT2D eigenvalue weighted by Gasteiger charge is -2.46. The quantitative estimate of drug-likeness (QED) is 0.721. The molecule has 2 heterocycles. The normalized spacial score (nSPS) is 24.4. The predicted molar refractivity (Wildman–Crippen MR) is 128 cm³/mol. The maximum Gasteiger partial charge on any atom is 0.256 e. The van der Waals surface area contributed by atoms with Gasteiger partial charge in [-0.3, -0.25) is 14.5 Å². The molecular formula is C26H34N4O3. The van der Waals surface area contributed by atoms with Crippen molar-refractivity contribution in [2.45, 2.75) is 24.6 Å². The molecule has 7 nitrogen and oxygen atoms in total. The number of carbonyl (C=O) groups is 2. The van der Waals surface area contributed by atoms with Crippen molar-refractivity contribution in [2.24, 2.45) is 0 Å². The van der Waals surface area contributed by atoms with Gasteiger partial charge in [0.15, 0.2) is 5.60 Å². The van der Waals surface area contributed by atoms with Crippen LogP contribution in [0, 0.1) is 0 Å². The molecule has 0 aliphatic carbocycles.